The minimum Gasteiger partial charge on any atom is -0.395 e. The molecule has 0 unspecified atom stereocenters. The van der Waals surface area contributed by atoms with E-state index in [0.717, 1.165) is 0 Å². The van der Waals surface area contributed by atoms with Crippen LogP contribution in [0.2, 0.25) is 0 Å². The molecule has 0 saturated heterocycles. The quantitative estimate of drug-likeness (QED) is 0.212. The Labute approximate surface area is 122 Å². The Morgan fingerprint density at radius 1 is 0.636 bits per heavy atom. The fourth-order valence-electron chi connectivity index (χ4n) is 0.760. The first-order valence-corrected chi connectivity index (χ1v) is 5.09. The highest BCUT2D eigenvalue weighted by atomic mass is 16.9. The molecule has 0 fully saturated rings. The lowest BCUT2D eigenvalue weighted by Gasteiger charge is -2.17. The molecule has 0 rings (SSSR count). The van der Waals surface area contributed by atoms with Crippen LogP contribution in [0.3, 0.4) is 0 Å². The van der Waals surface area contributed by atoms with Crippen molar-refractivity contribution in [2.45, 2.75) is 0 Å². The minimum absolute atomic E-state index is 0.0694. The van der Waals surface area contributed by atoms with Crippen LogP contribution < -0.4 is 0 Å². The van der Waals surface area contributed by atoms with Gasteiger partial charge in [-0.1, -0.05) is 0 Å². The first-order valence-electron chi connectivity index (χ1n) is 5.09. The van der Waals surface area contributed by atoms with Gasteiger partial charge in [-0.15, -0.1) is 30.3 Å². The van der Waals surface area contributed by atoms with Gasteiger partial charge in [0.25, 0.3) is 15.3 Å². The second kappa shape index (κ2) is 23.5. The maximum atomic E-state index is 8.48. The number of aliphatic hydroxyl groups excluding tert-OH is 3. The molecule has 134 valence electrons. The molecule has 16 nitrogen and oxygen atoms in total. The molecule has 0 aromatic heterocycles. The monoisotopic (exact) mass is 338 g/mol. The zero-order chi connectivity index (χ0) is 18.6. The average molecular weight is 338 g/mol. The van der Waals surface area contributed by atoms with E-state index in [4.69, 9.17) is 61.3 Å². The van der Waals surface area contributed by atoms with Gasteiger partial charge < -0.3 is 30.9 Å². The molecule has 0 bridgehead atoms. The van der Waals surface area contributed by atoms with Gasteiger partial charge in [-0.3, -0.25) is 4.90 Å². The molecule has 16 heteroatoms. The molecule has 0 amide bonds. The Balaban J connectivity index is -0.000000112. The molecular formula is C6H18N4O12. The van der Waals surface area contributed by atoms with Crippen LogP contribution in [0.1, 0.15) is 0 Å². The summed E-state index contributed by atoms with van der Waals surface area (Å²) in [5.74, 6) is 0. The second-order valence-corrected chi connectivity index (χ2v) is 2.73. The van der Waals surface area contributed by atoms with Crippen molar-refractivity contribution in [3.63, 3.8) is 0 Å². The molecule has 0 saturated carbocycles. The molecule has 0 aliphatic heterocycles. The van der Waals surface area contributed by atoms with Crippen molar-refractivity contribution < 1.29 is 46.2 Å². The van der Waals surface area contributed by atoms with Gasteiger partial charge in [0.2, 0.25) is 0 Å². The topological polar surface area (TPSA) is 254 Å². The van der Waals surface area contributed by atoms with E-state index in [1.165, 1.54) is 0 Å². The lowest BCUT2D eigenvalue weighted by atomic mass is 10.4. The normalized spacial score (nSPS) is 8.18. The third-order valence-electron chi connectivity index (χ3n) is 1.25. The molecule has 0 spiro atoms. The highest BCUT2D eigenvalue weighted by Gasteiger charge is 2.00. The van der Waals surface area contributed by atoms with E-state index in [2.05, 4.69) is 0 Å². The first kappa shape index (κ1) is 27.7. The van der Waals surface area contributed by atoms with Crippen molar-refractivity contribution >= 4 is 0 Å². The van der Waals surface area contributed by atoms with Crippen molar-refractivity contribution in [3.8, 4) is 0 Å². The van der Waals surface area contributed by atoms with E-state index in [1.807, 2.05) is 0 Å². The van der Waals surface area contributed by atoms with E-state index >= 15 is 0 Å². The first-order chi connectivity index (χ1) is 10.0. The van der Waals surface area contributed by atoms with Crippen molar-refractivity contribution in [2.75, 3.05) is 39.5 Å². The predicted octanol–water partition coefficient (Wildman–Crippen LogP) is -2.78. The largest absolute Gasteiger partial charge is 0.395 e. The zero-order valence-corrected chi connectivity index (χ0v) is 11.2. The number of rotatable bonds is 6. The number of hydrogen-bond donors (Lipinski definition) is 6. The van der Waals surface area contributed by atoms with Crippen LogP contribution >= 0.6 is 0 Å². The summed E-state index contributed by atoms with van der Waals surface area (Å²) in [5.41, 5.74) is 0. The van der Waals surface area contributed by atoms with Gasteiger partial charge in [-0.25, -0.2) is 0 Å². The molecule has 0 aliphatic carbocycles. The number of aliphatic hydroxyl groups is 3. The summed E-state index contributed by atoms with van der Waals surface area (Å²) in [6.45, 7) is 1.75. The fourth-order valence-corrected chi connectivity index (χ4v) is 0.760. The van der Waals surface area contributed by atoms with Crippen LogP contribution in [-0.4, -0.2) is 90.6 Å². The van der Waals surface area contributed by atoms with Gasteiger partial charge in [-0.05, 0) is 0 Å². The van der Waals surface area contributed by atoms with Crippen molar-refractivity contribution in [2.24, 2.45) is 0 Å². The maximum absolute atomic E-state index is 8.48. The van der Waals surface area contributed by atoms with Crippen LogP contribution in [0, 0.1) is 30.3 Å². The highest BCUT2D eigenvalue weighted by Crippen LogP contribution is 1.84. The van der Waals surface area contributed by atoms with Crippen LogP contribution in [0.4, 0.5) is 0 Å². The molecule has 22 heavy (non-hydrogen) atoms. The summed E-state index contributed by atoms with van der Waals surface area (Å²) < 4.78 is 0. The summed E-state index contributed by atoms with van der Waals surface area (Å²) in [6, 6.07) is 0. The Morgan fingerprint density at radius 3 is 0.864 bits per heavy atom. The highest BCUT2D eigenvalue weighted by molar-refractivity contribution is 4.54. The molecule has 0 aromatic rings. The Hall–Kier alpha value is -2.56. The third kappa shape index (κ3) is 114. The van der Waals surface area contributed by atoms with Crippen molar-refractivity contribution in [1.29, 1.82) is 0 Å². The molecule has 6 N–H and O–H groups in total. The molecular weight excluding hydrogens is 320 g/mol. The van der Waals surface area contributed by atoms with Crippen LogP contribution in [0.25, 0.3) is 0 Å². The Morgan fingerprint density at radius 2 is 0.773 bits per heavy atom. The van der Waals surface area contributed by atoms with Gasteiger partial charge in [0.05, 0.1) is 19.8 Å². The van der Waals surface area contributed by atoms with Gasteiger partial charge >= 0.3 is 0 Å². The third-order valence-corrected chi connectivity index (χ3v) is 1.25. The molecule has 0 atom stereocenters. The summed E-state index contributed by atoms with van der Waals surface area (Å²) >= 11 is 0. The van der Waals surface area contributed by atoms with Crippen LogP contribution in [0.5, 0.6) is 0 Å². The summed E-state index contributed by atoms with van der Waals surface area (Å²) in [4.78, 5) is 26.9. The van der Waals surface area contributed by atoms with Gasteiger partial charge in [0.15, 0.2) is 0 Å². The van der Waals surface area contributed by atoms with Gasteiger partial charge in [0.1, 0.15) is 0 Å². The van der Waals surface area contributed by atoms with Crippen molar-refractivity contribution in [1.82, 2.24) is 4.90 Å². The molecule has 0 radical (unpaired) electrons. The average Bonchev–Trinajstić information content (AvgIpc) is 2.27. The van der Waals surface area contributed by atoms with E-state index < -0.39 is 15.3 Å². The van der Waals surface area contributed by atoms with Crippen LogP contribution in [0.15, 0.2) is 0 Å². The molecule has 0 heterocycles. The van der Waals surface area contributed by atoms with Crippen LogP contribution in [-0.2, 0) is 0 Å². The minimum atomic E-state index is -1.50. The van der Waals surface area contributed by atoms with E-state index in [-0.39, 0.29) is 19.8 Å². The second-order valence-electron chi connectivity index (χ2n) is 2.73. The molecule has 0 aromatic carbocycles. The number of nitrogens with zero attached hydrogens (tertiary/aromatic N) is 4. The van der Waals surface area contributed by atoms with Gasteiger partial charge in [-0.2, -0.15) is 0 Å². The van der Waals surface area contributed by atoms with E-state index in [0.29, 0.717) is 19.6 Å². The van der Waals surface area contributed by atoms with Crippen molar-refractivity contribution in [3.05, 3.63) is 30.3 Å². The lowest BCUT2D eigenvalue weighted by Crippen LogP contribution is -2.32. The van der Waals surface area contributed by atoms with E-state index in [1.54, 1.807) is 4.90 Å². The SMILES string of the molecule is O=[N+]([O-])O.O=[N+]([O-])O.O=[N+]([O-])O.OCCN(CCO)CCO. The van der Waals surface area contributed by atoms with Gasteiger partial charge in [0, 0.05) is 19.6 Å². The Kier molecular flexibility index (Phi) is 29.7. The predicted molar refractivity (Wildman–Crippen MR) is 64.0 cm³/mol. The smallest absolute Gasteiger partial charge is 0.291 e. The van der Waals surface area contributed by atoms with E-state index in [9.17, 15) is 0 Å². The summed E-state index contributed by atoms with van der Waals surface area (Å²) in [7, 11) is 0. The lowest BCUT2D eigenvalue weighted by molar-refractivity contribution is -0.742. The summed E-state index contributed by atoms with van der Waals surface area (Å²) in [6.07, 6.45) is 0. The summed E-state index contributed by atoms with van der Waals surface area (Å²) in [5, 5.41) is 66.4. The standard InChI is InChI=1S/C6H15NO3.3HNO3/c8-4-1-7(2-5-9)3-6-10;3*2-1(3)4/h8-10H,1-6H2;3*(H,2,3,4). The Bertz CT molecular complexity index is 222. The maximum Gasteiger partial charge on any atom is 0.291 e. The molecule has 0 aliphatic rings. The zero-order valence-electron chi connectivity index (χ0n) is 11.2. The fraction of sp³-hybridized carbons (Fsp3) is 1.00. The number of hydrogen-bond acceptors (Lipinski definition) is 10.